The second-order valence-electron chi connectivity index (χ2n) is 28.3. The third-order valence-electron chi connectivity index (χ3n) is 21.1. The van der Waals surface area contributed by atoms with Crippen LogP contribution in [0.5, 0.6) is 0 Å². The molecule has 8 fully saturated rings. The average molecular weight is 898 g/mol. The van der Waals surface area contributed by atoms with Crippen LogP contribution in [-0.4, -0.2) is 0 Å². The van der Waals surface area contributed by atoms with Crippen LogP contribution in [0, 0.1) is 92.2 Å². The lowest BCUT2D eigenvalue weighted by atomic mass is 9.83. The molecule has 7 unspecified atom stereocenters. The molecule has 0 N–H and O–H groups in total. The van der Waals surface area contributed by atoms with E-state index >= 15 is 0 Å². The minimum Gasteiger partial charge on any atom is -0.0651 e. The predicted octanol–water partition coefficient (Wildman–Crippen LogP) is 22.7. The van der Waals surface area contributed by atoms with E-state index in [0.717, 1.165) is 75.9 Å². The highest BCUT2D eigenvalue weighted by Gasteiger charge is 2.32. The standard InChI is InChI=1S/8C8H16/c1-6-4-7(2)8(3)5-6;1-7-4-5-8(2,3)6-7;2*1-7-5-4-6-8(7,2)3;1-6-4-5-7(2)8(6)3;2*1-3-8(2)6-4-5-7-8;1-3-8-6-4-5-7(8)2/h6-8H,4-5H2,1-3H3;3*7H,4-6H2,1-3H3;6-8H,4-5H2,1-3H3;2*3-7H2,1-2H3;7-8H,3-6H2,1-2H3/t;2*7-;;;;;/m.00...../s1. The molecule has 8 rings (SSSR count). The zero-order chi connectivity index (χ0) is 48.9. The monoisotopic (exact) mass is 897 g/mol. The number of hydrogen-bond acceptors (Lipinski definition) is 0. The van der Waals surface area contributed by atoms with Gasteiger partial charge < -0.3 is 0 Å². The van der Waals surface area contributed by atoms with Gasteiger partial charge in [0.25, 0.3) is 0 Å². The fraction of sp³-hybridized carbons (Fsp3) is 1.00. The summed E-state index contributed by atoms with van der Waals surface area (Å²) >= 11 is 0. The van der Waals surface area contributed by atoms with Crippen molar-refractivity contribution in [1.29, 1.82) is 0 Å². The minimum atomic E-state index is 0.653. The van der Waals surface area contributed by atoms with Gasteiger partial charge in [-0.15, -0.1) is 0 Å². The van der Waals surface area contributed by atoms with Crippen LogP contribution in [-0.2, 0) is 0 Å². The van der Waals surface area contributed by atoms with Crippen LogP contribution in [0.2, 0.25) is 0 Å². The number of hydrogen-bond donors (Lipinski definition) is 0. The second-order valence-corrected chi connectivity index (χ2v) is 28.3. The molecule has 9 atom stereocenters. The van der Waals surface area contributed by atoms with Crippen molar-refractivity contribution in [1.82, 2.24) is 0 Å². The maximum Gasteiger partial charge on any atom is -0.0328 e. The van der Waals surface area contributed by atoms with E-state index in [9.17, 15) is 0 Å². The Morgan fingerprint density at radius 2 is 0.766 bits per heavy atom. The van der Waals surface area contributed by atoms with Crippen molar-refractivity contribution < 1.29 is 0 Å². The van der Waals surface area contributed by atoms with Crippen LogP contribution >= 0.6 is 0 Å². The lowest BCUT2D eigenvalue weighted by Gasteiger charge is -2.22. The molecule has 0 amide bonds. The van der Waals surface area contributed by atoms with Gasteiger partial charge in [0, 0.05) is 0 Å². The van der Waals surface area contributed by atoms with Crippen molar-refractivity contribution in [3.8, 4) is 0 Å². The van der Waals surface area contributed by atoms with E-state index in [0.29, 0.717) is 16.2 Å². The van der Waals surface area contributed by atoms with Gasteiger partial charge in [-0.1, -0.05) is 255 Å². The van der Waals surface area contributed by atoms with Gasteiger partial charge in [-0.3, -0.25) is 0 Å². The summed E-state index contributed by atoms with van der Waals surface area (Å²) in [5.74, 6) is 10.9. The Morgan fingerprint density at radius 1 is 0.359 bits per heavy atom. The summed E-state index contributed by atoms with van der Waals surface area (Å²) in [6.07, 6.45) is 39.3. The zero-order valence-electron chi connectivity index (χ0n) is 48.9. The molecule has 0 aromatic carbocycles. The summed E-state index contributed by atoms with van der Waals surface area (Å²) in [5, 5.41) is 0. The number of rotatable bonds is 3. The predicted molar refractivity (Wildman–Crippen MR) is 294 cm³/mol. The van der Waals surface area contributed by atoms with Gasteiger partial charge in [0.15, 0.2) is 0 Å². The first-order valence-corrected chi connectivity index (χ1v) is 29.6. The summed E-state index contributed by atoms with van der Waals surface area (Å²) in [6, 6.07) is 0. The van der Waals surface area contributed by atoms with E-state index in [1.807, 2.05) is 0 Å². The highest BCUT2D eigenvalue weighted by atomic mass is 14.4. The molecular formula is C64H128. The molecule has 384 valence electrons. The molecule has 64 heavy (non-hydrogen) atoms. The van der Waals surface area contributed by atoms with E-state index in [-0.39, 0.29) is 0 Å². The fourth-order valence-electron chi connectivity index (χ4n) is 13.2. The molecule has 0 nitrogen and oxygen atoms in total. The summed E-state index contributed by atoms with van der Waals surface area (Å²) in [6.45, 7) is 49.7. The molecule has 0 aromatic rings. The van der Waals surface area contributed by atoms with Gasteiger partial charge >= 0.3 is 0 Å². The van der Waals surface area contributed by atoms with Crippen LogP contribution < -0.4 is 0 Å². The van der Waals surface area contributed by atoms with Crippen molar-refractivity contribution in [2.45, 2.75) is 319 Å². The molecule has 0 heterocycles. The Bertz CT molecular complexity index is 1060. The van der Waals surface area contributed by atoms with Crippen molar-refractivity contribution >= 4 is 0 Å². The summed E-state index contributed by atoms with van der Waals surface area (Å²) in [7, 11) is 0. The van der Waals surface area contributed by atoms with Crippen molar-refractivity contribution in [3.63, 3.8) is 0 Å². The Hall–Kier alpha value is 0. The third-order valence-corrected chi connectivity index (χ3v) is 21.1. The largest absolute Gasteiger partial charge is 0.0651 e. The molecular weight excluding hydrogens is 769 g/mol. The lowest BCUT2D eigenvalue weighted by Crippen LogP contribution is -2.13. The molecule has 0 bridgehead atoms. The van der Waals surface area contributed by atoms with Crippen LogP contribution in [0.1, 0.15) is 319 Å². The molecule has 8 aliphatic rings. The van der Waals surface area contributed by atoms with Gasteiger partial charge in [-0.25, -0.2) is 0 Å². The van der Waals surface area contributed by atoms with Crippen LogP contribution in [0.3, 0.4) is 0 Å². The fourth-order valence-corrected chi connectivity index (χ4v) is 13.2. The van der Waals surface area contributed by atoms with E-state index in [4.69, 9.17) is 0 Å². The van der Waals surface area contributed by atoms with E-state index < -0.39 is 0 Å². The second kappa shape index (κ2) is 29.9. The average Bonchev–Trinajstić information content (AvgIpc) is 4.14. The lowest BCUT2D eigenvalue weighted by molar-refractivity contribution is 0.281. The van der Waals surface area contributed by atoms with Crippen LogP contribution in [0.4, 0.5) is 0 Å². The van der Waals surface area contributed by atoms with E-state index in [1.54, 1.807) is 0 Å². The first kappa shape index (κ1) is 62.0. The van der Waals surface area contributed by atoms with Gasteiger partial charge in [-0.05, 0) is 156 Å². The van der Waals surface area contributed by atoms with Gasteiger partial charge in [0.2, 0.25) is 0 Å². The Morgan fingerprint density at radius 3 is 0.891 bits per heavy atom. The molecule has 0 saturated heterocycles. The molecule has 0 heteroatoms. The smallest absolute Gasteiger partial charge is 0.0328 e. The first-order chi connectivity index (χ1) is 29.6. The third kappa shape index (κ3) is 24.0. The SMILES string of the molecule is CC1CC(C)C(C)C1.CC1CCC(C)C1C.CC1CCCC1(C)C.CCC1(C)CCCC1.CCC1(C)CCCC1.CCC1CCCC1C.C[C@H]1CCC(C)(C)C1.C[C@H]1CCCC1(C)C. The molecule has 0 radical (unpaired) electrons. The summed E-state index contributed by atoms with van der Waals surface area (Å²) in [4.78, 5) is 0. The summed E-state index contributed by atoms with van der Waals surface area (Å²) < 4.78 is 0. The molecule has 0 aromatic heterocycles. The van der Waals surface area contributed by atoms with Crippen molar-refractivity contribution in [2.75, 3.05) is 0 Å². The Labute approximate surface area is 409 Å². The quantitative estimate of drug-likeness (QED) is 0.265. The van der Waals surface area contributed by atoms with Gasteiger partial charge in [-0.2, -0.15) is 0 Å². The zero-order valence-corrected chi connectivity index (χ0v) is 48.9. The molecule has 0 spiro atoms. The maximum atomic E-state index is 2.42. The van der Waals surface area contributed by atoms with Gasteiger partial charge in [0.05, 0.1) is 0 Å². The highest BCUT2D eigenvalue weighted by molar-refractivity contribution is 4.83. The Balaban J connectivity index is 0.000000366. The molecule has 8 saturated carbocycles. The molecule has 0 aliphatic heterocycles. The maximum absolute atomic E-state index is 2.42. The first-order valence-electron chi connectivity index (χ1n) is 29.6. The van der Waals surface area contributed by atoms with Gasteiger partial charge in [0.1, 0.15) is 0 Å². The molecule has 8 aliphatic carbocycles. The highest BCUT2D eigenvalue weighted by Crippen LogP contribution is 2.44. The minimum absolute atomic E-state index is 0.653. The van der Waals surface area contributed by atoms with Crippen molar-refractivity contribution in [3.05, 3.63) is 0 Å². The van der Waals surface area contributed by atoms with E-state index in [2.05, 4.69) is 145 Å². The van der Waals surface area contributed by atoms with Crippen molar-refractivity contribution in [2.24, 2.45) is 92.2 Å². The van der Waals surface area contributed by atoms with Crippen LogP contribution in [0.15, 0.2) is 0 Å². The Kier molecular flexibility index (Phi) is 29.0. The van der Waals surface area contributed by atoms with E-state index in [1.165, 1.54) is 173 Å². The topological polar surface area (TPSA) is 0 Å². The normalized spacial score (nSPS) is 36.6. The summed E-state index contributed by atoms with van der Waals surface area (Å²) in [5.41, 5.74) is 3.44. The van der Waals surface area contributed by atoms with Crippen LogP contribution in [0.25, 0.3) is 0 Å².